The van der Waals surface area contributed by atoms with Gasteiger partial charge >= 0.3 is 7.12 Å². The molecule has 0 radical (unpaired) electrons. The molecule has 5 atom stereocenters. The van der Waals surface area contributed by atoms with E-state index >= 15 is 8.78 Å². The van der Waals surface area contributed by atoms with Gasteiger partial charge in [-0.15, -0.1) is 0 Å². The van der Waals surface area contributed by atoms with Gasteiger partial charge in [-0.3, -0.25) is 4.79 Å². The van der Waals surface area contributed by atoms with Gasteiger partial charge < -0.3 is 19.7 Å². The van der Waals surface area contributed by atoms with Gasteiger partial charge in [0.2, 0.25) is 5.91 Å². The van der Waals surface area contributed by atoms with E-state index in [1.165, 1.54) is 5.56 Å². The molecule has 3 aliphatic carbocycles. The fourth-order valence-corrected chi connectivity index (χ4v) is 7.77. The normalized spacial score (nSPS) is 34.2. The lowest BCUT2D eigenvalue weighted by Gasteiger charge is -2.51. The molecule has 5 rings (SSSR count). The Balaban J connectivity index is 1.32. The van der Waals surface area contributed by atoms with E-state index in [4.69, 9.17) is 4.74 Å². The molecule has 1 aromatic rings. The molecule has 5 nitrogen and oxygen atoms in total. The first kappa shape index (κ1) is 24.2. The van der Waals surface area contributed by atoms with Gasteiger partial charge in [-0.2, -0.15) is 0 Å². The van der Waals surface area contributed by atoms with Gasteiger partial charge in [-0.1, -0.05) is 25.1 Å². The van der Waals surface area contributed by atoms with Gasteiger partial charge in [0.15, 0.2) is 0 Å². The van der Waals surface area contributed by atoms with Gasteiger partial charge in [0.05, 0.1) is 13.2 Å². The number of hydrogen-bond acceptors (Lipinski definition) is 4. The first-order chi connectivity index (χ1) is 16.2. The van der Waals surface area contributed by atoms with Gasteiger partial charge in [0.25, 0.3) is 5.92 Å². The predicted molar refractivity (Wildman–Crippen MR) is 126 cm³/mol. The van der Waals surface area contributed by atoms with Crippen LogP contribution in [0.1, 0.15) is 68.9 Å². The molecule has 1 aliphatic heterocycles. The Bertz CT molecular complexity index is 922. The number of carbonyl (C=O) groups is 1. The molecule has 186 valence electrons. The number of benzene rings is 1. The Morgan fingerprint density at radius 3 is 2.74 bits per heavy atom. The van der Waals surface area contributed by atoms with Crippen molar-refractivity contribution >= 4 is 18.5 Å². The van der Waals surface area contributed by atoms with E-state index in [-0.39, 0.29) is 36.0 Å². The summed E-state index contributed by atoms with van der Waals surface area (Å²) in [5.41, 5.74) is 1.85. The number of fused-ring (bicyclic) bond motifs is 5. The first-order valence-electron chi connectivity index (χ1n) is 12.9. The van der Waals surface area contributed by atoms with E-state index in [1.54, 1.807) is 6.07 Å². The molecule has 2 saturated carbocycles. The summed E-state index contributed by atoms with van der Waals surface area (Å²) >= 11 is 0. The molecule has 1 heterocycles. The molecule has 34 heavy (non-hydrogen) atoms. The quantitative estimate of drug-likeness (QED) is 0.643. The maximum absolute atomic E-state index is 15.4. The minimum atomic E-state index is -2.67. The average molecular weight is 475 g/mol. The number of amides is 1. The molecular formula is C26H36BF2NO4. The Morgan fingerprint density at radius 2 is 2.00 bits per heavy atom. The van der Waals surface area contributed by atoms with Gasteiger partial charge in [0, 0.05) is 31.3 Å². The molecular weight excluding hydrogens is 439 g/mol. The van der Waals surface area contributed by atoms with Crippen LogP contribution in [0, 0.1) is 23.2 Å². The van der Waals surface area contributed by atoms with Crippen molar-refractivity contribution < 1.29 is 28.4 Å². The van der Waals surface area contributed by atoms with Gasteiger partial charge in [-0.25, -0.2) is 8.78 Å². The molecule has 0 aromatic heterocycles. The third-order valence-electron chi connectivity index (χ3n) is 9.49. The number of hydrogen-bond donors (Lipinski definition) is 2. The molecule has 0 spiro atoms. The maximum atomic E-state index is 15.4. The summed E-state index contributed by atoms with van der Waals surface area (Å²) in [7, 11) is -1.49. The summed E-state index contributed by atoms with van der Waals surface area (Å²) < 4.78 is 36.2. The fourth-order valence-electron chi connectivity index (χ4n) is 7.77. The Hall–Kier alpha value is -1.51. The van der Waals surface area contributed by atoms with E-state index in [1.807, 2.05) is 24.0 Å². The smallest absolute Gasteiger partial charge is 0.423 e. The number of morpholine rings is 1. The molecule has 3 fully saturated rings. The van der Waals surface area contributed by atoms with Crippen molar-refractivity contribution in [2.45, 2.75) is 70.1 Å². The third kappa shape index (κ3) is 4.09. The van der Waals surface area contributed by atoms with E-state index in [9.17, 15) is 14.8 Å². The maximum Gasteiger partial charge on any atom is 0.488 e. The molecule has 0 unspecified atom stereocenters. The number of halogens is 2. The van der Waals surface area contributed by atoms with Crippen molar-refractivity contribution in [1.82, 2.24) is 4.90 Å². The van der Waals surface area contributed by atoms with Crippen LogP contribution in [0.2, 0.25) is 0 Å². The molecule has 1 saturated heterocycles. The zero-order chi connectivity index (χ0) is 24.1. The lowest BCUT2D eigenvalue weighted by molar-refractivity contribution is -0.135. The molecule has 2 N–H and O–H groups in total. The van der Waals surface area contributed by atoms with Crippen molar-refractivity contribution in [3.05, 3.63) is 29.3 Å². The van der Waals surface area contributed by atoms with Crippen LogP contribution >= 0.6 is 0 Å². The zero-order valence-corrected chi connectivity index (χ0v) is 20.0. The van der Waals surface area contributed by atoms with E-state index < -0.39 is 18.5 Å². The van der Waals surface area contributed by atoms with Crippen LogP contribution in [-0.4, -0.2) is 60.2 Å². The number of ether oxygens (including phenoxy) is 1. The topological polar surface area (TPSA) is 70.0 Å². The van der Waals surface area contributed by atoms with Crippen LogP contribution in [-0.2, 0) is 16.0 Å². The van der Waals surface area contributed by atoms with Crippen molar-refractivity contribution in [3.63, 3.8) is 0 Å². The van der Waals surface area contributed by atoms with Crippen LogP contribution in [0.25, 0.3) is 0 Å². The molecule has 1 amide bonds. The van der Waals surface area contributed by atoms with Crippen LogP contribution in [0.4, 0.5) is 8.78 Å². The number of nitrogens with zero attached hydrogens (tertiary/aromatic N) is 1. The fraction of sp³-hybridized carbons (Fsp3) is 0.731. The number of alkyl halides is 2. The summed E-state index contributed by atoms with van der Waals surface area (Å²) in [6.07, 6.45) is 4.62. The molecule has 4 aliphatic rings. The van der Waals surface area contributed by atoms with E-state index in [0.717, 1.165) is 24.8 Å². The van der Waals surface area contributed by atoms with Gasteiger partial charge in [-0.05, 0) is 78.8 Å². The van der Waals surface area contributed by atoms with E-state index in [2.05, 4.69) is 0 Å². The number of rotatable bonds is 5. The monoisotopic (exact) mass is 475 g/mol. The summed E-state index contributed by atoms with van der Waals surface area (Å²) in [6, 6.07) is 5.63. The van der Waals surface area contributed by atoms with Gasteiger partial charge in [0.1, 0.15) is 0 Å². The van der Waals surface area contributed by atoms with Crippen molar-refractivity contribution in [2.75, 3.05) is 26.3 Å². The molecule has 1 aromatic carbocycles. The van der Waals surface area contributed by atoms with Crippen molar-refractivity contribution in [3.8, 4) is 0 Å². The summed E-state index contributed by atoms with van der Waals surface area (Å²) in [4.78, 5) is 14.4. The largest absolute Gasteiger partial charge is 0.488 e. The molecule has 0 bridgehead atoms. The summed E-state index contributed by atoms with van der Waals surface area (Å²) in [5, 5.41) is 19.1. The SMILES string of the molecule is C[C@]12CC[C@@H]3c4ccc(B(O)O)cc4CC[C@H]3[C@@H]1[C@@H](CCCC(=O)N1CCOCC1)CC2(F)F. The second kappa shape index (κ2) is 9.18. The first-order valence-corrected chi connectivity index (χ1v) is 12.9. The van der Waals surface area contributed by atoms with Crippen LogP contribution in [0.5, 0.6) is 0 Å². The molecule has 8 heteroatoms. The highest BCUT2D eigenvalue weighted by molar-refractivity contribution is 6.58. The predicted octanol–water partition coefficient (Wildman–Crippen LogP) is 3.11. The minimum Gasteiger partial charge on any atom is -0.423 e. The van der Waals surface area contributed by atoms with E-state index in [0.29, 0.717) is 57.4 Å². The second-order valence-corrected chi connectivity index (χ2v) is 11.2. The highest BCUT2D eigenvalue weighted by Crippen LogP contribution is 2.68. The van der Waals surface area contributed by atoms with Crippen LogP contribution in [0.3, 0.4) is 0 Å². The summed E-state index contributed by atoms with van der Waals surface area (Å²) in [6.45, 7) is 4.21. The van der Waals surface area contributed by atoms with Crippen molar-refractivity contribution in [2.24, 2.45) is 23.2 Å². The number of carbonyl (C=O) groups excluding carboxylic acids is 1. The Labute approximate surface area is 201 Å². The van der Waals surface area contributed by atoms with Crippen molar-refractivity contribution in [1.29, 1.82) is 0 Å². The number of aryl methyl sites for hydroxylation is 1. The average Bonchev–Trinajstić information content (AvgIpc) is 3.03. The van der Waals surface area contributed by atoms with Crippen LogP contribution < -0.4 is 5.46 Å². The standard InChI is InChI=1S/C26H36BF2NO4/c1-25-10-9-21-20-8-6-19(27(32)33)15-17(20)5-7-22(21)24(25)18(16-26(25,28)29)3-2-4-23(31)30-11-13-34-14-12-30/h6,8,15,18,21-22,24,32-33H,2-5,7,9-14,16H2,1H3/t18-,21+,22+,24-,25-/m0/s1. The summed E-state index contributed by atoms with van der Waals surface area (Å²) in [5.74, 6) is -2.21. The second-order valence-electron chi connectivity index (χ2n) is 11.2. The lowest BCUT2D eigenvalue weighted by atomic mass is 9.53. The Kier molecular flexibility index (Phi) is 6.53. The zero-order valence-electron chi connectivity index (χ0n) is 20.0. The lowest BCUT2D eigenvalue weighted by Crippen LogP contribution is -2.48. The highest BCUT2D eigenvalue weighted by Gasteiger charge is 2.67. The van der Waals surface area contributed by atoms with Crippen LogP contribution in [0.15, 0.2) is 18.2 Å². The Morgan fingerprint density at radius 1 is 1.24 bits per heavy atom. The highest BCUT2D eigenvalue weighted by atomic mass is 19.3. The minimum absolute atomic E-state index is 0.0454. The third-order valence-corrected chi connectivity index (χ3v) is 9.49.